The number of methoxy groups -OCH3 is 2. The Morgan fingerprint density at radius 3 is 2.42 bits per heavy atom. The van der Waals surface area contributed by atoms with Gasteiger partial charge in [0.25, 0.3) is 5.91 Å². The van der Waals surface area contributed by atoms with Gasteiger partial charge in [-0.3, -0.25) is 4.79 Å². The zero-order valence-corrected chi connectivity index (χ0v) is 15.0. The number of benzene rings is 2. The number of hydrogen-bond acceptors (Lipinski definition) is 5. The van der Waals surface area contributed by atoms with Crippen molar-refractivity contribution in [1.29, 1.82) is 0 Å². The summed E-state index contributed by atoms with van der Waals surface area (Å²) in [4.78, 5) is 26.2. The molecule has 1 amide bonds. The number of amides is 1. The second-order valence-electron chi connectivity index (χ2n) is 6.16. The van der Waals surface area contributed by atoms with Crippen LogP contribution in [0.25, 0.3) is 0 Å². The largest absolute Gasteiger partial charge is 0.497 e. The Kier molecular flexibility index (Phi) is 5.11. The predicted octanol–water partition coefficient (Wildman–Crippen LogP) is 2.91. The van der Waals surface area contributed by atoms with Crippen LogP contribution in [0.15, 0.2) is 42.5 Å². The zero-order chi connectivity index (χ0) is 18.7. The number of nitrogens with zero attached hydrogens (tertiary/aromatic N) is 1. The van der Waals surface area contributed by atoms with E-state index < -0.39 is 5.97 Å². The summed E-state index contributed by atoms with van der Waals surface area (Å²) in [5.41, 5.74) is 1.85. The van der Waals surface area contributed by atoms with Gasteiger partial charge in [0.2, 0.25) is 0 Å². The number of carbonyl (C=O) groups excluding carboxylic acids is 2. The van der Waals surface area contributed by atoms with Crippen LogP contribution in [0.1, 0.15) is 33.2 Å². The molecular formula is C20H21NO5. The topological polar surface area (TPSA) is 65.1 Å². The summed E-state index contributed by atoms with van der Waals surface area (Å²) >= 11 is 0. The van der Waals surface area contributed by atoms with Crippen molar-refractivity contribution in [2.45, 2.75) is 19.6 Å². The Hall–Kier alpha value is -3.02. The summed E-state index contributed by atoms with van der Waals surface area (Å²) in [6.45, 7) is 2.84. The third kappa shape index (κ3) is 3.64. The summed E-state index contributed by atoms with van der Waals surface area (Å²) in [6.07, 6.45) is -0.151. The van der Waals surface area contributed by atoms with Gasteiger partial charge in [0, 0.05) is 23.7 Å². The molecule has 1 unspecified atom stereocenters. The Labute approximate surface area is 152 Å². The van der Waals surface area contributed by atoms with Gasteiger partial charge < -0.3 is 19.1 Å². The smallest absolute Gasteiger partial charge is 0.337 e. The van der Waals surface area contributed by atoms with Crippen molar-refractivity contribution in [3.63, 3.8) is 0 Å². The summed E-state index contributed by atoms with van der Waals surface area (Å²) in [6, 6.07) is 12.1. The molecule has 0 bridgehead atoms. The fourth-order valence-electron chi connectivity index (χ4n) is 2.94. The fraction of sp³-hybridized carbons (Fsp3) is 0.300. The third-order valence-corrected chi connectivity index (χ3v) is 4.28. The number of carbonyl (C=O) groups is 2. The fourth-order valence-corrected chi connectivity index (χ4v) is 2.94. The lowest BCUT2D eigenvalue weighted by Crippen LogP contribution is -2.36. The van der Waals surface area contributed by atoms with Crippen LogP contribution in [-0.2, 0) is 11.3 Å². The van der Waals surface area contributed by atoms with E-state index in [0.717, 1.165) is 11.3 Å². The maximum Gasteiger partial charge on any atom is 0.337 e. The summed E-state index contributed by atoms with van der Waals surface area (Å²) in [5.74, 6) is 0.909. The Morgan fingerprint density at radius 2 is 1.77 bits per heavy atom. The highest BCUT2D eigenvalue weighted by atomic mass is 16.5. The van der Waals surface area contributed by atoms with Gasteiger partial charge in [-0.2, -0.15) is 0 Å². The van der Waals surface area contributed by atoms with E-state index in [4.69, 9.17) is 9.47 Å². The molecule has 6 nitrogen and oxygen atoms in total. The Bertz CT molecular complexity index is 815. The van der Waals surface area contributed by atoms with Crippen LogP contribution in [0.4, 0.5) is 0 Å². The Morgan fingerprint density at radius 1 is 1.08 bits per heavy atom. The lowest BCUT2D eigenvalue weighted by atomic mass is 10.1. The lowest BCUT2D eigenvalue weighted by Gasteiger charge is -2.22. The van der Waals surface area contributed by atoms with Crippen LogP contribution in [0.5, 0.6) is 11.5 Å². The van der Waals surface area contributed by atoms with Crippen LogP contribution in [0, 0.1) is 0 Å². The summed E-state index contributed by atoms with van der Waals surface area (Å²) < 4.78 is 15.9. The molecule has 1 aliphatic heterocycles. The van der Waals surface area contributed by atoms with Gasteiger partial charge in [0.1, 0.15) is 17.6 Å². The minimum atomic E-state index is -0.427. The SMILES string of the molecule is COC(=O)c1ccc(C(=O)N2Cc3ccc(OC)cc3OC(C)C2)cc1. The zero-order valence-electron chi connectivity index (χ0n) is 15.0. The van der Waals surface area contributed by atoms with Gasteiger partial charge in [-0.25, -0.2) is 4.79 Å². The highest BCUT2D eigenvalue weighted by molar-refractivity contribution is 5.96. The molecule has 2 aromatic carbocycles. The average molecular weight is 355 g/mol. The second kappa shape index (κ2) is 7.47. The van der Waals surface area contributed by atoms with E-state index in [-0.39, 0.29) is 12.0 Å². The molecule has 6 heteroatoms. The van der Waals surface area contributed by atoms with E-state index in [2.05, 4.69) is 4.74 Å². The molecule has 1 atom stereocenters. The standard InChI is InChI=1S/C20H21NO5/c1-13-11-21(12-16-8-9-17(24-2)10-18(16)26-13)19(22)14-4-6-15(7-5-14)20(23)25-3/h4-10,13H,11-12H2,1-3H3. The van der Waals surface area contributed by atoms with E-state index in [1.54, 1.807) is 36.3 Å². The minimum Gasteiger partial charge on any atom is -0.497 e. The van der Waals surface area contributed by atoms with Gasteiger partial charge in [0.05, 0.1) is 26.3 Å². The first-order valence-electron chi connectivity index (χ1n) is 8.33. The molecule has 0 N–H and O–H groups in total. The van der Waals surface area contributed by atoms with Gasteiger partial charge in [-0.1, -0.05) is 0 Å². The molecule has 0 aliphatic carbocycles. The molecular weight excluding hydrogens is 334 g/mol. The quantitative estimate of drug-likeness (QED) is 0.792. The van der Waals surface area contributed by atoms with Crippen molar-refractivity contribution in [3.8, 4) is 11.5 Å². The van der Waals surface area contributed by atoms with Crippen molar-refractivity contribution in [2.24, 2.45) is 0 Å². The van der Waals surface area contributed by atoms with Crippen LogP contribution < -0.4 is 9.47 Å². The molecule has 0 fully saturated rings. The highest BCUT2D eigenvalue weighted by Crippen LogP contribution is 2.30. The number of ether oxygens (including phenoxy) is 3. The van der Waals surface area contributed by atoms with Crippen LogP contribution in [0.3, 0.4) is 0 Å². The second-order valence-corrected chi connectivity index (χ2v) is 6.16. The average Bonchev–Trinajstić information content (AvgIpc) is 2.84. The van der Waals surface area contributed by atoms with Gasteiger partial charge in [0.15, 0.2) is 0 Å². The Balaban J connectivity index is 1.83. The number of hydrogen-bond donors (Lipinski definition) is 0. The van der Waals surface area contributed by atoms with Crippen molar-refractivity contribution >= 4 is 11.9 Å². The number of fused-ring (bicyclic) bond motifs is 1. The molecule has 0 saturated carbocycles. The van der Waals surface area contributed by atoms with E-state index in [0.29, 0.717) is 30.0 Å². The lowest BCUT2D eigenvalue weighted by molar-refractivity contribution is 0.0599. The molecule has 1 heterocycles. The molecule has 3 rings (SSSR count). The molecule has 0 radical (unpaired) electrons. The van der Waals surface area contributed by atoms with E-state index in [9.17, 15) is 9.59 Å². The summed E-state index contributed by atoms with van der Waals surface area (Å²) in [5, 5.41) is 0. The maximum atomic E-state index is 12.9. The first kappa shape index (κ1) is 17.8. The molecule has 26 heavy (non-hydrogen) atoms. The van der Waals surface area contributed by atoms with E-state index in [1.165, 1.54) is 7.11 Å². The van der Waals surface area contributed by atoms with Crippen molar-refractivity contribution in [3.05, 3.63) is 59.2 Å². The monoisotopic (exact) mass is 355 g/mol. The first-order valence-corrected chi connectivity index (χ1v) is 8.33. The predicted molar refractivity (Wildman–Crippen MR) is 95.6 cm³/mol. The molecule has 0 spiro atoms. The van der Waals surface area contributed by atoms with Crippen LogP contribution in [-0.4, -0.2) is 43.6 Å². The van der Waals surface area contributed by atoms with E-state index in [1.807, 2.05) is 25.1 Å². The normalized spacial score (nSPS) is 16.1. The number of rotatable bonds is 3. The van der Waals surface area contributed by atoms with Crippen LogP contribution in [0.2, 0.25) is 0 Å². The number of esters is 1. The molecule has 136 valence electrons. The molecule has 0 aromatic heterocycles. The maximum absolute atomic E-state index is 12.9. The van der Waals surface area contributed by atoms with Gasteiger partial charge in [-0.05, 0) is 43.3 Å². The van der Waals surface area contributed by atoms with Gasteiger partial charge in [-0.15, -0.1) is 0 Å². The highest BCUT2D eigenvalue weighted by Gasteiger charge is 2.25. The van der Waals surface area contributed by atoms with Gasteiger partial charge >= 0.3 is 5.97 Å². The molecule has 2 aromatic rings. The van der Waals surface area contributed by atoms with Crippen molar-refractivity contribution in [2.75, 3.05) is 20.8 Å². The van der Waals surface area contributed by atoms with E-state index >= 15 is 0 Å². The molecule has 1 aliphatic rings. The minimum absolute atomic E-state index is 0.111. The first-order chi connectivity index (χ1) is 12.5. The third-order valence-electron chi connectivity index (χ3n) is 4.28. The summed E-state index contributed by atoms with van der Waals surface area (Å²) in [7, 11) is 2.93. The molecule has 0 saturated heterocycles. The van der Waals surface area contributed by atoms with Crippen molar-refractivity contribution < 1.29 is 23.8 Å². The van der Waals surface area contributed by atoms with Crippen molar-refractivity contribution in [1.82, 2.24) is 4.90 Å². The van der Waals surface area contributed by atoms with Crippen LogP contribution >= 0.6 is 0 Å².